The molecule has 0 fully saturated rings. The van der Waals surface area contributed by atoms with E-state index in [0.717, 1.165) is 5.56 Å². The molecule has 1 atom stereocenters. The van der Waals surface area contributed by atoms with Crippen LogP contribution in [0.4, 0.5) is 0 Å². The van der Waals surface area contributed by atoms with Gasteiger partial charge in [0.05, 0.1) is 0 Å². The number of esters is 1. The van der Waals surface area contributed by atoms with Gasteiger partial charge in [-0.15, -0.1) is 0 Å². The predicted molar refractivity (Wildman–Crippen MR) is 79.8 cm³/mol. The minimum atomic E-state index is -2.05. The number of hydrogen-bond donors (Lipinski definition) is 0. The van der Waals surface area contributed by atoms with Gasteiger partial charge in [0.1, 0.15) is 6.61 Å². The van der Waals surface area contributed by atoms with Crippen LogP contribution in [-0.4, -0.2) is 25.7 Å². The highest BCUT2D eigenvalue weighted by molar-refractivity contribution is 6.70. The molecule has 110 valence electrons. The van der Waals surface area contributed by atoms with Crippen LogP contribution < -0.4 is 0 Å². The van der Waals surface area contributed by atoms with Gasteiger partial charge >= 0.3 is 5.97 Å². The summed E-state index contributed by atoms with van der Waals surface area (Å²) in [7, 11) is -2.05. The Labute approximate surface area is 121 Å². The lowest BCUT2D eigenvalue weighted by Gasteiger charge is -2.31. The number of carbonyl (C=O) groups excluding carboxylic acids is 2. The van der Waals surface area contributed by atoms with Crippen molar-refractivity contribution >= 4 is 20.1 Å². The fourth-order valence-electron chi connectivity index (χ4n) is 1.73. The summed E-state index contributed by atoms with van der Waals surface area (Å²) in [4.78, 5) is 24.0. The molecule has 0 amide bonds. The quantitative estimate of drug-likeness (QED) is 0.460. The zero-order valence-corrected chi connectivity index (χ0v) is 13.7. The second-order valence-electron chi connectivity index (χ2n) is 5.87. The highest BCUT2D eigenvalue weighted by Gasteiger charge is 2.44. The molecule has 4 nitrogen and oxygen atoms in total. The summed E-state index contributed by atoms with van der Waals surface area (Å²) in [6.45, 7) is 8.76. The van der Waals surface area contributed by atoms with E-state index in [2.05, 4.69) is 0 Å². The molecule has 20 heavy (non-hydrogen) atoms. The Bertz CT molecular complexity index is 478. The molecule has 0 radical (unpaired) electrons. The number of ether oxygens (including phenoxy) is 1. The van der Waals surface area contributed by atoms with Gasteiger partial charge in [0.25, 0.3) is 0 Å². The maximum absolute atomic E-state index is 12.2. The van der Waals surface area contributed by atoms with E-state index in [1.54, 1.807) is 0 Å². The standard InChI is InChI=1S/C15H22O4Si/c1-12(16)15(2,19-20(3,4)5)14(17)18-11-13-9-7-6-8-10-13/h6-10H,11H2,1-5H3/t15-/m0/s1. The van der Waals surface area contributed by atoms with Crippen molar-refractivity contribution in [1.82, 2.24) is 0 Å². The van der Waals surface area contributed by atoms with Crippen molar-refractivity contribution in [1.29, 1.82) is 0 Å². The first-order valence-corrected chi connectivity index (χ1v) is 9.98. The van der Waals surface area contributed by atoms with E-state index in [-0.39, 0.29) is 12.4 Å². The molecule has 0 unspecified atom stereocenters. The fraction of sp³-hybridized carbons (Fsp3) is 0.467. The van der Waals surface area contributed by atoms with Crippen molar-refractivity contribution in [2.75, 3.05) is 0 Å². The molecule has 0 aromatic heterocycles. The average Bonchev–Trinajstić information content (AvgIpc) is 2.34. The average molecular weight is 294 g/mol. The van der Waals surface area contributed by atoms with Crippen molar-refractivity contribution in [3.63, 3.8) is 0 Å². The summed E-state index contributed by atoms with van der Waals surface area (Å²) < 4.78 is 11.0. The predicted octanol–water partition coefficient (Wildman–Crippen LogP) is 2.93. The molecule has 1 aromatic carbocycles. The molecular formula is C15H22O4Si. The third-order valence-electron chi connectivity index (χ3n) is 2.78. The van der Waals surface area contributed by atoms with Crippen LogP contribution >= 0.6 is 0 Å². The zero-order chi connectivity index (χ0) is 15.4. The Hall–Kier alpha value is -1.46. The monoisotopic (exact) mass is 294 g/mol. The molecule has 0 N–H and O–H groups in total. The van der Waals surface area contributed by atoms with Crippen molar-refractivity contribution in [2.45, 2.75) is 45.7 Å². The van der Waals surface area contributed by atoms with E-state index in [1.165, 1.54) is 13.8 Å². The largest absolute Gasteiger partial charge is 0.458 e. The van der Waals surface area contributed by atoms with Gasteiger partial charge in [-0.2, -0.15) is 0 Å². The van der Waals surface area contributed by atoms with Crippen molar-refractivity contribution in [3.8, 4) is 0 Å². The summed E-state index contributed by atoms with van der Waals surface area (Å²) in [6.07, 6.45) is 0. The summed E-state index contributed by atoms with van der Waals surface area (Å²) in [5.74, 6) is -0.964. The molecular weight excluding hydrogens is 272 g/mol. The van der Waals surface area contributed by atoms with Gasteiger partial charge in [0.15, 0.2) is 14.1 Å². The van der Waals surface area contributed by atoms with E-state index < -0.39 is 19.9 Å². The molecule has 0 spiro atoms. The first-order valence-electron chi connectivity index (χ1n) is 6.57. The highest BCUT2D eigenvalue weighted by Crippen LogP contribution is 2.21. The normalized spacial score (nSPS) is 14.4. The molecule has 0 aliphatic carbocycles. The molecule has 1 aromatic rings. The minimum Gasteiger partial charge on any atom is -0.458 e. The number of rotatable bonds is 6. The van der Waals surface area contributed by atoms with Gasteiger partial charge in [0.2, 0.25) is 5.60 Å². The van der Waals surface area contributed by atoms with Gasteiger partial charge in [0, 0.05) is 0 Å². The molecule has 0 saturated carbocycles. The van der Waals surface area contributed by atoms with Crippen LogP contribution in [0.5, 0.6) is 0 Å². The Balaban J connectivity index is 2.77. The first-order chi connectivity index (χ1) is 9.15. The molecule has 0 bridgehead atoms. The third-order valence-corrected chi connectivity index (χ3v) is 3.81. The molecule has 0 aliphatic heterocycles. The minimum absolute atomic E-state index is 0.137. The lowest BCUT2D eigenvalue weighted by molar-refractivity contribution is -0.167. The van der Waals surface area contributed by atoms with E-state index >= 15 is 0 Å². The molecule has 0 saturated heterocycles. The number of hydrogen-bond acceptors (Lipinski definition) is 4. The highest BCUT2D eigenvalue weighted by atomic mass is 28.4. The number of Topliss-reactive ketones (excluding diaryl/α,β-unsaturated/α-hetero) is 1. The Morgan fingerprint density at radius 1 is 1.15 bits per heavy atom. The first kappa shape index (κ1) is 16.6. The van der Waals surface area contributed by atoms with Crippen LogP contribution in [0.15, 0.2) is 30.3 Å². The Morgan fingerprint density at radius 2 is 1.70 bits per heavy atom. The summed E-state index contributed by atoms with van der Waals surface area (Å²) in [5.41, 5.74) is -0.640. The van der Waals surface area contributed by atoms with Crippen LogP contribution in [0.1, 0.15) is 19.4 Å². The van der Waals surface area contributed by atoms with Crippen molar-refractivity contribution in [2.24, 2.45) is 0 Å². The maximum atomic E-state index is 12.2. The summed E-state index contributed by atoms with van der Waals surface area (Å²) in [6, 6.07) is 9.34. The third kappa shape index (κ3) is 4.58. The lowest BCUT2D eigenvalue weighted by Crippen LogP contribution is -2.52. The molecule has 5 heteroatoms. The fourth-order valence-corrected chi connectivity index (χ4v) is 3.18. The van der Waals surface area contributed by atoms with E-state index in [4.69, 9.17) is 9.16 Å². The molecule has 0 heterocycles. The number of benzene rings is 1. The van der Waals surface area contributed by atoms with Crippen LogP contribution in [0.3, 0.4) is 0 Å². The second-order valence-corrected chi connectivity index (χ2v) is 10.3. The van der Waals surface area contributed by atoms with Gasteiger partial charge in [-0.1, -0.05) is 30.3 Å². The second kappa shape index (κ2) is 6.32. The van der Waals surface area contributed by atoms with Gasteiger partial charge in [-0.3, -0.25) is 4.79 Å². The Kier molecular flexibility index (Phi) is 5.25. The molecule has 0 aliphatic rings. The van der Waals surface area contributed by atoms with Gasteiger partial charge < -0.3 is 9.16 Å². The van der Waals surface area contributed by atoms with Crippen molar-refractivity contribution < 1.29 is 18.8 Å². The SMILES string of the molecule is CC(=O)[C@](C)(O[Si](C)(C)C)C(=O)OCc1ccccc1. The van der Waals surface area contributed by atoms with Gasteiger partial charge in [-0.05, 0) is 39.1 Å². The maximum Gasteiger partial charge on any atom is 0.345 e. The van der Waals surface area contributed by atoms with Crippen LogP contribution in [0.25, 0.3) is 0 Å². The van der Waals surface area contributed by atoms with E-state index in [9.17, 15) is 9.59 Å². The van der Waals surface area contributed by atoms with Crippen LogP contribution in [-0.2, 0) is 25.4 Å². The zero-order valence-electron chi connectivity index (χ0n) is 12.7. The molecule has 1 rings (SSSR count). The topological polar surface area (TPSA) is 52.6 Å². The van der Waals surface area contributed by atoms with Crippen molar-refractivity contribution in [3.05, 3.63) is 35.9 Å². The summed E-state index contributed by atoms with van der Waals surface area (Å²) >= 11 is 0. The smallest absolute Gasteiger partial charge is 0.345 e. The number of ketones is 1. The lowest BCUT2D eigenvalue weighted by atomic mass is 10.0. The van der Waals surface area contributed by atoms with Gasteiger partial charge in [-0.25, -0.2) is 4.79 Å². The van der Waals surface area contributed by atoms with E-state index in [1.807, 2.05) is 50.0 Å². The van der Waals surface area contributed by atoms with Crippen LogP contribution in [0, 0.1) is 0 Å². The number of carbonyl (C=O) groups is 2. The summed E-state index contributed by atoms with van der Waals surface area (Å²) in [5, 5.41) is 0. The van der Waals surface area contributed by atoms with E-state index in [0.29, 0.717) is 0 Å². The van der Waals surface area contributed by atoms with Crippen LogP contribution in [0.2, 0.25) is 19.6 Å². The Morgan fingerprint density at radius 3 is 2.15 bits per heavy atom.